The van der Waals surface area contributed by atoms with Crippen LogP contribution in [0.15, 0.2) is 11.0 Å². The average Bonchev–Trinajstić information content (AvgIpc) is 3.18. The van der Waals surface area contributed by atoms with E-state index in [0.717, 1.165) is 35.1 Å². The van der Waals surface area contributed by atoms with Gasteiger partial charge in [0.15, 0.2) is 0 Å². The summed E-state index contributed by atoms with van der Waals surface area (Å²) in [6.45, 7) is 7.98. The van der Waals surface area contributed by atoms with Crippen molar-refractivity contribution in [3.8, 4) is 0 Å². The van der Waals surface area contributed by atoms with Gasteiger partial charge in [0.05, 0.1) is 4.90 Å². The van der Waals surface area contributed by atoms with Crippen molar-refractivity contribution in [1.82, 2.24) is 4.72 Å². The lowest BCUT2D eigenvalue weighted by Gasteiger charge is -2.20. The second-order valence-electron chi connectivity index (χ2n) is 5.89. The van der Waals surface area contributed by atoms with E-state index in [1.54, 1.807) is 0 Å². The Morgan fingerprint density at radius 2 is 1.70 bits per heavy atom. The van der Waals surface area contributed by atoms with Gasteiger partial charge in [0.25, 0.3) is 0 Å². The van der Waals surface area contributed by atoms with Gasteiger partial charge >= 0.3 is 0 Å². The summed E-state index contributed by atoms with van der Waals surface area (Å²) in [5, 5.41) is 0. The van der Waals surface area contributed by atoms with Crippen molar-refractivity contribution in [3.05, 3.63) is 28.3 Å². The maximum atomic E-state index is 12.7. The number of rotatable bonds is 5. The van der Waals surface area contributed by atoms with Gasteiger partial charge in [-0.15, -0.1) is 0 Å². The molecule has 1 unspecified atom stereocenters. The SMILES string of the molecule is Cc1cc(C)c(C)c(S(=O)(=O)NC(CN)C2CC2)c1C. The molecule has 1 fully saturated rings. The van der Waals surface area contributed by atoms with Gasteiger partial charge in [-0.1, -0.05) is 6.07 Å². The molecule has 1 saturated carbocycles. The lowest BCUT2D eigenvalue weighted by Crippen LogP contribution is -2.42. The summed E-state index contributed by atoms with van der Waals surface area (Å²) in [5.41, 5.74) is 9.37. The Labute approximate surface area is 121 Å². The fourth-order valence-corrected chi connectivity index (χ4v) is 4.61. The van der Waals surface area contributed by atoms with Crippen molar-refractivity contribution in [2.24, 2.45) is 11.7 Å². The average molecular weight is 296 g/mol. The van der Waals surface area contributed by atoms with Crippen LogP contribution in [0.2, 0.25) is 0 Å². The predicted molar refractivity (Wildman–Crippen MR) is 81.3 cm³/mol. The van der Waals surface area contributed by atoms with Crippen LogP contribution in [-0.2, 0) is 10.0 Å². The van der Waals surface area contributed by atoms with Crippen LogP contribution in [0.4, 0.5) is 0 Å². The van der Waals surface area contributed by atoms with Crippen molar-refractivity contribution >= 4 is 10.0 Å². The summed E-state index contributed by atoms with van der Waals surface area (Å²) in [7, 11) is -3.51. The van der Waals surface area contributed by atoms with E-state index in [1.165, 1.54) is 0 Å². The second-order valence-corrected chi connectivity index (χ2v) is 7.54. The highest BCUT2D eigenvalue weighted by Gasteiger charge is 2.34. The largest absolute Gasteiger partial charge is 0.329 e. The Morgan fingerprint density at radius 1 is 1.20 bits per heavy atom. The lowest BCUT2D eigenvalue weighted by atomic mass is 10.0. The number of aryl methyl sites for hydroxylation is 2. The van der Waals surface area contributed by atoms with Crippen LogP contribution in [0.1, 0.15) is 35.1 Å². The van der Waals surface area contributed by atoms with Gasteiger partial charge < -0.3 is 5.73 Å². The minimum absolute atomic E-state index is 0.139. The maximum absolute atomic E-state index is 12.7. The summed E-state index contributed by atoms with van der Waals surface area (Å²) >= 11 is 0. The summed E-state index contributed by atoms with van der Waals surface area (Å²) in [5.74, 6) is 0.404. The number of nitrogens with one attached hydrogen (secondary N) is 1. The van der Waals surface area contributed by atoms with E-state index in [-0.39, 0.29) is 6.04 Å². The second kappa shape index (κ2) is 5.47. The van der Waals surface area contributed by atoms with Crippen LogP contribution >= 0.6 is 0 Å². The van der Waals surface area contributed by atoms with Crippen LogP contribution in [0.25, 0.3) is 0 Å². The van der Waals surface area contributed by atoms with Crippen molar-refractivity contribution in [2.45, 2.75) is 51.5 Å². The predicted octanol–water partition coefficient (Wildman–Crippen LogP) is 1.94. The van der Waals surface area contributed by atoms with Crippen molar-refractivity contribution in [2.75, 3.05) is 6.54 Å². The Morgan fingerprint density at radius 3 is 2.10 bits per heavy atom. The molecule has 1 aliphatic rings. The Hall–Kier alpha value is -0.910. The molecule has 1 aromatic rings. The molecule has 4 nitrogen and oxygen atoms in total. The van der Waals surface area contributed by atoms with Crippen LogP contribution < -0.4 is 10.5 Å². The molecule has 2 rings (SSSR count). The van der Waals surface area contributed by atoms with Gasteiger partial charge in [-0.25, -0.2) is 13.1 Å². The molecule has 0 heterocycles. The van der Waals surface area contributed by atoms with Crippen molar-refractivity contribution in [1.29, 1.82) is 0 Å². The Balaban J connectivity index is 2.43. The van der Waals surface area contributed by atoms with E-state index in [1.807, 2.05) is 33.8 Å². The number of benzene rings is 1. The van der Waals surface area contributed by atoms with Crippen LogP contribution in [-0.4, -0.2) is 21.0 Å². The third kappa shape index (κ3) is 2.90. The van der Waals surface area contributed by atoms with E-state index < -0.39 is 10.0 Å². The van der Waals surface area contributed by atoms with E-state index in [2.05, 4.69) is 4.72 Å². The molecule has 0 aliphatic heterocycles. The first-order valence-electron chi connectivity index (χ1n) is 7.07. The molecule has 0 saturated heterocycles. The van der Waals surface area contributed by atoms with E-state index >= 15 is 0 Å². The number of hydrogen-bond donors (Lipinski definition) is 2. The summed E-state index contributed by atoms with van der Waals surface area (Å²) in [6, 6.07) is 1.89. The molecule has 0 bridgehead atoms. The summed E-state index contributed by atoms with van der Waals surface area (Å²) < 4.78 is 28.2. The lowest BCUT2D eigenvalue weighted by molar-refractivity contribution is 0.518. The molecule has 3 N–H and O–H groups in total. The molecule has 1 atom stereocenters. The topological polar surface area (TPSA) is 72.2 Å². The van der Waals surface area contributed by atoms with Crippen LogP contribution in [0.3, 0.4) is 0 Å². The fourth-order valence-electron chi connectivity index (χ4n) is 2.68. The van der Waals surface area contributed by atoms with Crippen molar-refractivity contribution < 1.29 is 8.42 Å². The van der Waals surface area contributed by atoms with Gasteiger partial charge in [-0.05, 0) is 68.7 Å². The van der Waals surface area contributed by atoms with Gasteiger partial charge in [0.1, 0.15) is 0 Å². The zero-order valence-corrected chi connectivity index (χ0v) is 13.5. The third-order valence-electron chi connectivity index (χ3n) is 4.32. The van der Waals surface area contributed by atoms with E-state index in [0.29, 0.717) is 17.4 Å². The summed E-state index contributed by atoms with van der Waals surface area (Å²) in [4.78, 5) is 0.425. The first kappa shape index (κ1) is 15.5. The van der Waals surface area contributed by atoms with Gasteiger partial charge in [0, 0.05) is 12.6 Å². The molecule has 20 heavy (non-hydrogen) atoms. The number of nitrogens with two attached hydrogens (primary N) is 1. The maximum Gasteiger partial charge on any atom is 0.241 e. The highest BCUT2D eigenvalue weighted by Crippen LogP contribution is 2.33. The molecular weight excluding hydrogens is 272 g/mol. The summed E-state index contributed by atoms with van der Waals surface area (Å²) in [6.07, 6.45) is 2.13. The standard InChI is InChI=1S/C15H24N2O2S/c1-9-7-10(2)12(4)15(11(9)3)20(18,19)17-14(8-16)13-5-6-13/h7,13-14,17H,5-6,8,16H2,1-4H3. The van der Waals surface area contributed by atoms with E-state index in [4.69, 9.17) is 5.73 Å². The molecule has 5 heteroatoms. The fraction of sp³-hybridized carbons (Fsp3) is 0.600. The highest BCUT2D eigenvalue weighted by atomic mass is 32.2. The molecule has 1 aliphatic carbocycles. The molecule has 0 spiro atoms. The Bertz CT molecular complexity index is 593. The quantitative estimate of drug-likeness (QED) is 0.872. The molecule has 0 aromatic heterocycles. The molecule has 0 radical (unpaired) electrons. The zero-order valence-electron chi connectivity index (χ0n) is 12.7. The highest BCUT2D eigenvalue weighted by molar-refractivity contribution is 7.89. The normalized spacial score (nSPS) is 17.2. The van der Waals surface area contributed by atoms with Crippen LogP contribution in [0, 0.1) is 33.6 Å². The van der Waals surface area contributed by atoms with Gasteiger partial charge in [0.2, 0.25) is 10.0 Å². The minimum Gasteiger partial charge on any atom is -0.329 e. The molecule has 1 aromatic carbocycles. The van der Waals surface area contributed by atoms with E-state index in [9.17, 15) is 8.42 Å². The Kier molecular flexibility index (Phi) is 4.23. The monoisotopic (exact) mass is 296 g/mol. The number of hydrogen-bond acceptors (Lipinski definition) is 3. The molecule has 0 amide bonds. The smallest absolute Gasteiger partial charge is 0.241 e. The first-order chi connectivity index (χ1) is 9.27. The third-order valence-corrected chi connectivity index (χ3v) is 6.08. The van der Waals surface area contributed by atoms with Crippen molar-refractivity contribution in [3.63, 3.8) is 0 Å². The van der Waals surface area contributed by atoms with Gasteiger partial charge in [-0.3, -0.25) is 0 Å². The molecular formula is C15H24N2O2S. The van der Waals surface area contributed by atoms with Gasteiger partial charge in [-0.2, -0.15) is 0 Å². The minimum atomic E-state index is -3.51. The number of sulfonamides is 1. The zero-order chi connectivity index (χ0) is 15.1. The first-order valence-corrected chi connectivity index (χ1v) is 8.56. The molecule has 112 valence electrons. The van der Waals surface area contributed by atoms with Crippen LogP contribution in [0.5, 0.6) is 0 Å².